The summed E-state index contributed by atoms with van der Waals surface area (Å²) in [5.74, 6) is 0.0259. The van der Waals surface area contributed by atoms with Crippen molar-refractivity contribution < 1.29 is 14.6 Å². The van der Waals surface area contributed by atoms with Crippen molar-refractivity contribution in [1.82, 2.24) is 0 Å². The maximum Gasteiger partial charge on any atom is 0.411 e. The monoisotopic (exact) mass is 359 g/mol. The summed E-state index contributed by atoms with van der Waals surface area (Å²) in [5.41, 5.74) is 6.99. The van der Waals surface area contributed by atoms with E-state index in [2.05, 4.69) is 29.6 Å². The predicted octanol–water partition coefficient (Wildman–Crippen LogP) is 4.85. The number of ether oxygens (including phenoxy) is 1. The molecular weight excluding hydrogens is 338 g/mol. The summed E-state index contributed by atoms with van der Waals surface area (Å²) in [4.78, 5) is 12.4. The zero-order valence-electron chi connectivity index (χ0n) is 15.1. The molecule has 4 rings (SSSR count). The highest BCUT2D eigenvalue weighted by Gasteiger charge is 2.29. The van der Waals surface area contributed by atoms with E-state index in [9.17, 15) is 9.90 Å². The summed E-state index contributed by atoms with van der Waals surface area (Å²) >= 11 is 0. The number of benzene rings is 3. The molecule has 3 aromatic carbocycles. The molecule has 0 saturated carbocycles. The summed E-state index contributed by atoms with van der Waals surface area (Å²) in [6.45, 7) is 2.06. The molecule has 0 atom stereocenters. The van der Waals surface area contributed by atoms with Gasteiger partial charge in [-0.1, -0.05) is 60.7 Å². The molecule has 136 valence electrons. The van der Waals surface area contributed by atoms with Gasteiger partial charge in [-0.2, -0.15) is 0 Å². The molecule has 4 nitrogen and oxygen atoms in total. The Morgan fingerprint density at radius 3 is 2.26 bits per heavy atom. The van der Waals surface area contributed by atoms with Crippen molar-refractivity contribution in [1.29, 1.82) is 0 Å². The zero-order chi connectivity index (χ0) is 18.8. The molecular formula is C23H21NO3. The minimum Gasteiger partial charge on any atom is -0.448 e. The van der Waals surface area contributed by atoms with E-state index in [1.54, 1.807) is 6.07 Å². The summed E-state index contributed by atoms with van der Waals surface area (Å²) in [6, 6.07) is 22.0. The number of aliphatic hydroxyl groups excluding tert-OH is 1. The third-order valence-electron chi connectivity index (χ3n) is 5.02. The number of carbonyl (C=O) groups is 1. The van der Waals surface area contributed by atoms with Gasteiger partial charge in [-0.3, -0.25) is 5.32 Å². The van der Waals surface area contributed by atoms with Gasteiger partial charge in [-0.25, -0.2) is 4.79 Å². The van der Waals surface area contributed by atoms with E-state index in [4.69, 9.17) is 4.74 Å². The number of rotatable bonds is 4. The minimum atomic E-state index is -0.517. The molecule has 1 amide bonds. The van der Waals surface area contributed by atoms with Crippen LogP contribution in [0.5, 0.6) is 0 Å². The Kier molecular flexibility index (Phi) is 4.65. The smallest absolute Gasteiger partial charge is 0.411 e. The fourth-order valence-electron chi connectivity index (χ4n) is 3.69. The molecule has 0 radical (unpaired) electrons. The summed E-state index contributed by atoms with van der Waals surface area (Å²) in [5, 5.41) is 12.2. The van der Waals surface area contributed by atoms with Crippen molar-refractivity contribution in [3.63, 3.8) is 0 Å². The van der Waals surface area contributed by atoms with Gasteiger partial charge >= 0.3 is 6.09 Å². The number of aliphatic hydroxyl groups is 1. The Hall–Kier alpha value is -3.11. The standard InChI is InChI=1S/C23H21NO3/c1-15-10-11-16(13-25)22(12-15)24-23(26)27-14-21-19-8-4-2-6-17(19)18-7-3-5-9-20(18)21/h2-12,21,25H,13-14H2,1H3,(H,24,26). The maximum absolute atomic E-state index is 12.4. The topological polar surface area (TPSA) is 58.6 Å². The lowest BCUT2D eigenvalue weighted by atomic mass is 9.98. The Balaban J connectivity index is 1.51. The Bertz CT molecular complexity index is 951. The SMILES string of the molecule is Cc1ccc(CO)c(NC(=O)OCC2c3ccccc3-c3ccccc32)c1. The number of anilines is 1. The Morgan fingerprint density at radius 1 is 1.00 bits per heavy atom. The van der Waals surface area contributed by atoms with E-state index in [1.807, 2.05) is 43.3 Å². The molecule has 4 heteroatoms. The zero-order valence-corrected chi connectivity index (χ0v) is 15.1. The van der Waals surface area contributed by atoms with Crippen LogP contribution in [0.3, 0.4) is 0 Å². The molecule has 0 unspecified atom stereocenters. The van der Waals surface area contributed by atoms with Crippen molar-refractivity contribution in [2.24, 2.45) is 0 Å². The van der Waals surface area contributed by atoms with Gasteiger partial charge in [0.2, 0.25) is 0 Å². The van der Waals surface area contributed by atoms with Gasteiger partial charge in [0.15, 0.2) is 0 Å². The van der Waals surface area contributed by atoms with Crippen LogP contribution >= 0.6 is 0 Å². The van der Waals surface area contributed by atoms with Crippen LogP contribution in [0.4, 0.5) is 10.5 Å². The van der Waals surface area contributed by atoms with Crippen LogP contribution in [0.25, 0.3) is 11.1 Å². The van der Waals surface area contributed by atoms with Crippen LogP contribution in [0, 0.1) is 6.92 Å². The van der Waals surface area contributed by atoms with Crippen LogP contribution < -0.4 is 5.32 Å². The minimum absolute atomic E-state index is 0.0259. The lowest BCUT2D eigenvalue weighted by Gasteiger charge is -2.15. The summed E-state index contributed by atoms with van der Waals surface area (Å²) in [7, 11) is 0. The van der Waals surface area contributed by atoms with Gasteiger partial charge in [-0.05, 0) is 40.8 Å². The van der Waals surface area contributed by atoms with Crippen LogP contribution in [-0.2, 0) is 11.3 Å². The normalized spacial score (nSPS) is 12.4. The fourth-order valence-corrected chi connectivity index (χ4v) is 3.69. The fraction of sp³-hybridized carbons (Fsp3) is 0.174. The van der Waals surface area contributed by atoms with Crippen molar-refractivity contribution in [2.45, 2.75) is 19.4 Å². The van der Waals surface area contributed by atoms with Crippen LogP contribution in [-0.4, -0.2) is 17.8 Å². The lowest BCUT2D eigenvalue weighted by molar-refractivity contribution is 0.158. The lowest BCUT2D eigenvalue weighted by Crippen LogP contribution is -2.18. The summed E-state index contributed by atoms with van der Waals surface area (Å²) in [6.07, 6.45) is -0.517. The molecule has 3 aromatic rings. The predicted molar refractivity (Wildman–Crippen MR) is 106 cm³/mol. The van der Waals surface area contributed by atoms with E-state index >= 15 is 0 Å². The molecule has 0 aliphatic heterocycles. The Labute approximate surface area is 158 Å². The molecule has 0 aromatic heterocycles. The van der Waals surface area contributed by atoms with E-state index < -0.39 is 6.09 Å². The number of fused-ring (bicyclic) bond motifs is 3. The second-order valence-corrected chi connectivity index (χ2v) is 6.77. The van der Waals surface area contributed by atoms with Gasteiger partial charge < -0.3 is 9.84 Å². The number of hydrogen-bond donors (Lipinski definition) is 2. The van der Waals surface area contributed by atoms with Crippen molar-refractivity contribution in [2.75, 3.05) is 11.9 Å². The average Bonchev–Trinajstić information content (AvgIpc) is 3.00. The first-order valence-electron chi connectivity index (χ1n) is 9.00. The number of carbonyl (C=O) groups excluding carboxylic acids is 1. The quantitative estimate of drug-likeness (QED) is 0.700. The van der Waals surface area contributed by atoms with Crippen LogP contribution in [0.1, 0.15) is 28.2 Å². The number of nitrogens with one attached hydrogen (secondary N) is 1. The van der Waals surface area contributed by atoms with Gasteiger partial charge in [0.25, 0.3) is 0 Å². The van der Waals surface area contributed by atoms with Crippen LogP contribution in [0.2, 0.25) is 0 Å². The molecule has 0 fully saturated rings. The van der Waals surface area contributed by atoms with Gasteiger partial charge in [-0.15, -0.1) is 0 Å². The Morgan fingerprint density at radius 2 is 1.63 bits per heavy atom. The number of amides is 1. The van der Waals surface area contributed by atoms with Crippen molar-refractivity contribution in [3.05, 3.63) is 89.0 Å². The molecule has 0 spiro atoms. The molecule has 0 heterocycles. The molecule has 1 aliphatic rings. The number of aryl methyl sites for hydroxylation is 1. The van der Waals surface area contributed by atoms with E-state index in [1.165, 1.54) is 22.3 Å². The van der Waals surface area contributed by atoms with Crippen molar-refractivity contribution in [3.8, 4) is 11.1 Å². The van der Waals surface area contributed by atoms with Crippen LogP contribution in [0.15, 0.2) is 66.7 Å². The number of hydrogen-bond acceptors (Lipinski definition) is 3. The molecule has 0 bridgehead atoms. The third kappa shape index (κ3) is 3.32. The molecule has 2 N–H and O–H groups in total. The molecule has 27 heavy (non-hydrogen) atoms. The maximum atomic E-state index is 12.4. The average molecular weight is 359 g/mol. The highest BCUT2D eigenvalue weighted by Crippen LogP contribution is 2.44. The van der Waals surface area contributed by atoms with Gasteiger partial charge in [0, 0.05) is 17.2 Å². The third-order valence-corrected chi connectivity index (χ3v) is 5.02. The van der Waals surface area contributed by atoms with E-state index in [0.29, 0.717) is 11.3 Å². The molecule has 0 saturated heterocycles. The highest BCUT2D eigenvalue weighted by molar-refractivity contribution is 5.86. The first-order valence-corrected chi connectivity index (χ1v) is 9.00. The first kappa shape index (κ1) is 17.3. The summed E-state index contributed by atoms with van der Waals surface area (Å²) < 4.78 is 5.55. The second-order valence-electron chi connectivity index (χ2n) is 6.77. The van der Waals surface area contributed by atoms with E-state index in [-0.39, 0.29) is 19.1 Å². The van der Waals surface area contributed by atoms with Gasteiger partial charge in [0.05, 0.1) is 6.61 Å². The highest BCUT2D eigenvalue weighted by atomic mass is 16.5. The molecule has 1 aliphatic carbocycles. The van der Waals surface area contributed by atoms with Crippen molar-refractivity contribution >= 4 is 11.8 Å². The largest absolute Gasteiger partial charge is 0.448 e. The first-order chi connectivity index (χ1) is 13.2. The van der Waals surface area contributed by atoms with Gasteiger partial charge in [0.1, 0.15) is 6.61 Å². The van der Waals surface area contributed by atoms with E-state index in [0.717, 1.165) is 5.56 Å². The second kappa shape index (κ2) is 7.25.